The van der Waals surface area contributed by atoms with Gasteiger partial charge in [-0.1, -0.05) is 26.8 Å². The minimum Gasteiger partial charge on any atom is -0.290 e. The number of carbonyl (C=O) groups excluding carboxylic acids is 2. The van der Waals surface area contributed by atoms with E-state index in [1.807, 2.05) is 13.8 Å². The van der Waals surface area contributed by atoms with Crippen molar-refractivity contribution in [3.05, 3.63) is 11.6 Å². The van der Waals surface area contributed by atoms with Crippen LogP contribution >= 0.6 is 0 Å². The summed E-state index contributed by atoms with van der Waals surface area (Å²) in [4.78, 5) is 24.6. The van der Waals surface area contributed by atoms with Crippen molar-refractivity contribution >= 4 is 17.7 Å². The number of carbonyl (C=O) groups is 2. The summed E-state index contributed by atoms with van der Waals surface area (Å²) in [6, 6.07) is 0. The van der Waals surface area contributed by atoms with Gasteiger partial charge in [0.25, 0.3) is 11.9 Å². The fourth-order valence-corrected chi connectivity index (χ4v) is 0.509. The van der Waals surface area contributed by atoms with Gasteiger partial charge >= 0.3 is 0 Å². The second-order valence-corrected chi connectivity index (χ2v) is 2.46. The second kappa shape index (κ2) is 9.24. The van der Waals surface area contributed by atoms with Crippen molar-refractivity contribution in [1.82, 2.24) is 0 Å². The van der Waals surface area contributed by atoms with E-state index in [-0.39, 0.29) is 6.42 Å². The molecule has 0 saturated heterocycles. The summed E-state index contributed by atoms with van der Waals surface area (Å²) in [6.45, 7) is 8.66. The molecule has 0 saturated carbocycles. The normalized spacial score (nSPS) is 11.6. The predicted octanol–water partition coefficient (Wildman–Crippen LogP) is 2.85. The van der Waals surface area contributed by atoms with Crippen LogP contribution in [-0.4, -0.2) is 17.7 Å². The first kappa shape index (κ1) is 16.1. The largest absolute Gasteiger partial charge is 0.290 e. The molecule has 0 atom stereocenters. The van der Waals surface area contributed by atoms with E-state index in [0.717, 1.165) is 0 Å². The van der Waals surface area contributed by atoms with Gasteiger partial charge in [0.2, 0.25) is 5.78 Å². The quantitative estimate of drug-likeness (QED) is 0.536. The molecule has 0 fully saturated rings. The summed E-state index contributed by atoms with van der Waals surface area (Å²) < 4.78 is 12.7. The Hall–Kier alpha value is -1.32. The van der Waals surface area contributed by atoms with Gasteiger partial charge in [0.05, 0.1) is 0 Å². The average molecular weight is 215 g/mol. The van der Waals surface area contributed by atoms with Crippen LogP contribution in [-0.2, 0) is 9.59 Å². The Morgan fingerprint density at radius 1 is 1.33 bits per heavy atom. The van der Waals surface area contributed by atoms with Crippen LogP contribution in [0, 0.1) is 0 Å². The first-order chi connectivity index (χ1) is 7.02. The minimum absolute atomic E-state index is 0.0114. The molecule has 0 N–H and O–H groups in total. The highest BCUT2D eigenvalue weighted by Gasteiger charge is 2.10. The molecule has 86 valence electrons. The fraction of sp³-hybridized carbons (Fsp3) is 0.545. The van der Waals surface area contributed by atoms with Crippen molar-refractivity contribution in [2.24, 2.45) is 4.99 Å². The number of nitrogens with zero attached hydrogens (tertiary/aromatic N) is 1. The van der Waals surface area contributed by atoms with Gasteiger partial charge < -0.3 is 0 Å². The van der Waals surface area contributed by atoms with E-state index in [0.29, 0.717) is 5.57 Å². The number of allylic oxidation sites excluding steroid dienone is 1. The highest BCUT2D eigenvalue weighted by molar-refractivity contribution is 6.37. The second-order valence-electron chi connectivity index (χ2n) is 2.46. The summed E-state index contributed by atoms with van der Waals surface area (Å²) in [5.41, 5.74) is 0.319. The van der Waals surface area contributed by atoms with Crippen LogP contribution in [0.25, 0.3) is 0 Å². The van der Waals surface area contributed by atoms with E-state index in [2.05, 4.69) is 4.99 Å². The van der Waals surface area contributed by atoms with Crippen molar-refractivity contribution in [3.63, 3.8) is 0 Å². The molecule has 0 aliphatic carbocycles. The molecule has 0 spiro atoms. The zero-order chi connectivity index (χ0) is 12.4. The van der Waals surface area contributed by atoms with Crippen LogP contribution in [0.2, 0.25) is 0 Å². The zero-order valence-corrected chi connectivity index (χ0v) is 9.93. The molecule has 0 unspecified atom stereocenters. The summed E-state index contributed by atoms with van der Waals surface area (Å²) in [5.74, 6) is -2.67. The summed E-state index contributed by atoms with van der Waals surface area (Å²) in [5, 5.41) is 0. The van der Waals surface area contributed by atoms with E-state index in [1.165, 1.54) is 19.9 Å². The standard InChI is InChI=1S/C9H12FNO2.C2H6/c1-4-6(3)9(13)11-8(10)7(12)5-2;1-2/h4H,5H2,1-3H3;1-2H3/b6-4-,11-8?;. The van der Waals surface area contributed by atoms with Gasteiger partial charge in [0.1, 0.15) is 0 Å². The van der Waals surface area contributed by atoms with Crippen LogP contribution in [0.3, 0.4) is 0 Å². The van der Waals surface area contributed by atoms with Gasteiger partial charge in [0, 0.05) is 12.0 Å². The molecule has 4 heteroatoms. The molecule has 0 heterocycles. The minimum atomic E-state index is -1.21. The molecule has 15 heavy (non-hydrogen) atoms. The molecule has 0 aliphatic heterocycles. The zero-order valence-electron chi connectivity index (χ0n) is 9.93. The third-order valence-corrected chi connectivity index (χ3v) is 1.52. The number of ketones is 1. The molecule has 0 aromatic heterocycles. The number of rotatable bonds is 3. The van der Waals surface area contributed by atoms with Crippen LogP contribution < -0.4 is 0 Å². The predicted molar refractivity (Wildman–Crippen MR) is 59.6 cm³/mol. The summed E-state index contributed by atoms with van der Waals surface area (Å²) in [6.07, 6.45) is 1.52. The first-order valence-corrected chi connectivity index (χ1v) is 4.97. The van der Waals surface area contributed by atoms with Crippen LogP contribution in [0.4, 0.5) is 4.39 Å². The van der Waals surface area contributed by atoms with Gasteiger partial charge in [-0.2, -0.15) is 9.38 Å². The van der Waals surface area contributed by atoms with Crippen LogP contribution in [0.5, 0.6) is 0 Å². The van der Waals surface area contributed by atoms with E-state index >= 15 is 0 Å². The van der Waals surface area contributed by atoms with Crippen molar-refractivity contribution in [1.29, 1.82) is 0 Å². The Labute approximate surface area is 90.1 Å². The third kappa shape index (κ3) is 6.71. The van der Waals surface area contributed by atoms with E-state index in [9.17, 15) is 14.0 Å². The maximum absolute atomic E-state index is 12.7. The lowest BCUT2D eigenvalue weighted by Crippen LogP contribution is -2.10. The number of hydrogen-bond donors (Lipinski definition) is 0. The number of amides is 1. The van der Waals surface area contributed by atoms with Crippen molar-refractivity contribution in [2.45, 2.75) is 41.0 Å². The molecule has 3 nitrogen and oxygen atoms in total. The molecular formula is C11H18FNO2. The maximum atomic E-state index is 12.7. The molecule has 0 aromatic carbocycles. The monoisotopic (exact) mass is 215 g/mol. The smallest absolute Gasteiger partial charge is 0.275 e. The molecule has 0 aromatic rings. The number of halogens is 1. The average Bonchev–Trinajstić information content (AvgIpc) is 2.29. The van der Waals surface area contributed by atoms with E-state index < -0.39 is 17.7 Å². The molecule has 0 radical (unpaired) electrons. The molecular weight excluding hydrogens is 197 g/mol. The van der Waals surface area contributed by atoms with Crippen molar-refractivity contribution < 1.29 is 14.0 Å². The number of aliphatic imine (C=N–C) groups is 1. The Balaban J connectivity index is 0. The van der Waals surface area contributed by atoms with Gasteiger partial charge in [-0.3, -0.25) is 9.59 Å². The SMILES string of the molecule is C/C=C(/C)C(=O)N=C(F)C(=O)CC.CC. The molecule has 1 amide bonds. The topological polar surface area (TPSA) is 46.5 Å². The van der Waals surface area contributed by atoms with Gasteiger partial charge in [-0.05, 0) is 13.8 Å². The van der Waals surface area contributed by atoms with Gasteiger partial charge in [-0.25, -0.2) is 0 Å². The van der Waals surface area contributed by atoms with Crippen LogP contribution in [0.1, 0.15) is 41.0 Å². The fourth-order valence-electron chi connectivity index (χ4n) is 0.509. The van der Waals surface area contributed by atoms with Crippen molar-refractivity contribution in [2.75, 3.05) is 0 Å². The lowest BCUT2D eigenvalue weighted by molar-refractivity contribution is -0.116. The van der Waals surface area contributed by atoms with Gasteiger partial charge in [-0.15, -0.1) is 0 Å². The molecule has 0 aliphatic rings. The maximum Gasteiger partial charge on any atom is 0.275 e. The highest BCUT2D eigenvalue weighted by Crippen LogP contribution is 1.98. The van der Waals surface area contributed by atoms with Crippen LogP contribution in [0.15, 0.2) is 16.6 Å². The summed E-state index contributed by atoms with van der Waals surface area (Å²) in [7, 11) is 0. The first-order valence-electron chi connectivity index (χ1n) is 4.97. The highest BCUT2D eigenvalue weighted by atomic mass is 19.1. The number of hydrogen-bond acceptors (Lipinski definition) is 2. The summed E-state index contributed by atoms with van der Waals surface area (Å²) >= 11 is 0. The Bertz CT molecular complexity index is 280. The van der Waals surface area contributed by atoms with E-state index in [4.69, 9.17) is 0 Å². The van der Waals surface area contributed by atoms with Crippen molar-refractivity contribution in [3.8, 4) is 0 Å². The molecule has 0 bridgehead atoms. The third-order valence-electron chi connectivity index (χ3n) is 1.52. The Morgan fingerprint density at radius 2 is 1.80 bits per heavy atom. The molecule has 0 rings (SSSR count). The lowest BCUT2D eigenvalue weighted by atomic mass is 10.3. The number of Topliss-reactive ketones (excluding diaryl/α,β-unsaturated/α-hetero) is 1. The Morgan fingerprint density at radius 3 is 2.13 bits per heavy atom. The lowest BCUT2D eigenvalue weighted by Gasteiger charge is -1.93. The van der Waals surface area contributed by atoms with E-state index in [1.54, 1.807) is 6.92 Å². The Kier molecular flexibility index (Phi) is 9.94. The van der Waals surface area contributed by atoms with Gasteiger partial charge in [0.15, 0.2) is 0 Å².